The van der Waals surface area contributed by atoms with Gasteiger partial charge in [0.1, 0.15) is 0 Å². The van der Waals surface area contributed by atoms with Crippen LogP contribution in [-0.2, 0) is 11.0 Å². The average Bonchev–Trinajstić information content (AvgIpc) is 2.47. The van der Waals surface area contributed by atoms with E-state index in [1.807, 2.05) is 30.3 Å². The molecule has 1 N–H and O–H groups in total. The monoisotopic (exact) mass is 345 g/mol. The van der Waals surface area contributed by atoms with Gasteiger partial charge in [0, 0.05) is 9.92 Å². The molecule has 2 rings (SSSR count). The summed E-state index contributed by atoms with van der Waals surface area (Å²) in [5.74, 6) is -0.495. The molecule has 0 heterocycles. The van der Waals surface area contributed by atoms with Crippen LogP contribution in [0.15, 0.2) is 53.4 Å². The summed E-state index contributed by atoms with van der Waals surface area (Å²) < 4.78 is 38.7. The lowest BCUT2D eigenvalue weighted by Crippen LogP contribution is -2.18. The summed E-state index contributed by atoms with van der Waals surface area (Å²) in [7, 11) is 0. The molecule has 0 saturated heterocycles. The molecular weight excluding hydrogens is 335 g/mol. The van der Waals surface area contributed by atoms with Crippen LogP contribution >= 0.6 is 23.4 Å². The van der Waals surface area contributed by atoms with Crippen molar-refractivity contribution in [2.75, 3.05) is 11.1 Å². The van der Waals surface area contributed by atoms with Crippen molar-refractivity contribution < 1.29 is 18.0 Å². The van der Waals surface area contributed by atoms with Crippen LogP contribution in [0, 0.1) is 0 Å². The van der Waals surface area contributed by atoms with E-state index in [1.54, 1.807) is 0 Å². The molecular formula is C15H11ClF3NOS. The Kier molecular flexibility index (Phi) is 5.37. The Morgan fingerprint density at radius 1 is 1.14 bits per heavy atom. The number of amides is 1. The van der Waals surface area contributed by atoms with Crippen LogP contribution in [0.3, 0.4) is 0 Å². The molecule has 0 atom stereocenters. The molecule has 0 aliphatic heterocycles. The maximum atomic E-state index is 12.9. The molecule has 0 spiro atoms. The third kappa shape index (κ3) is 4.68. The summed E-state index contributed by atoms with van der Waals surface area (Å²) in [5.41, 5.74) is -1.26. The maximum absolute atomic E-state index is 12.9. The number of carbonyl (C=O) groups excluding carboxylic acids is 1. The van der Waals surface area contributed by atoms with E-state index in [2.05, 4.69) is 5.32 Å². The van der Waals surface area contributed by atoms with E-state index in [0.717, 1.165) is 17.0 Å². The van der Waals surface area contributed by atoms with E-state index in [1.165, 1.54) is 17.8 Å². The summed E-state index contributed by atoms with van der Waals surface area (Å²) in [5, 5.41) is 2.24. The Morgan fingerprint density at radius 2 is 1.82 bits per heavy atom. The van der Waals surface area contributed by atoms with Crippen molar-refractivity contribution in [1.29, 1.82) is 0 Å². The first-order valence-corrected chi connectivity index (χ1v) is 7.57. The number of benzene rings is 2. The van der Waals surface area contributed by atoms with Crippen molar-refractivity contribution in [3.8, 4) is 0 Å². The normalized spacial score (nSPS) is 11.3. The number of nitrogens with one attached hydrogen (secondary N) is 1. The van der Waals surface area contributed by atoms with E-state index in [9.17, 15) is 18.0 Å². The van der Waals surface area contributed by atoms with Crippen LogP contribution < -0.4 is 5.32 Å². The molecule has 2 nitrogen and oxygen atoms in total. The van der Waals surface area contributed by atoms with Gasteiger partial charge in [0.25, 0.3) is 0 Å². The smallest absolute Gasteiger partial charge is 0.325 e. The van der Waals surface area contributed by atoms with Crippen molar-refractivity contribution in [2.24, 2.45) is 0 Å². The Morgan fingerprint density at radius 3 is 2.45 bits per heavy atom. The van der Waals surface area contributed by atoms with Crippen molar-refractivity contribution in [3.63, 3.8) is 0 Å². The van der Waals surface area contributed by atoms with Crippen LogP contribution in [0.5, 0.6) is 0 Å². The summed E-state index contributed by atoms with van der Waals surface area (Å²) in [6.45, 7) is 0. The number of rotatable bonds is 4. The number of carbonyl (C=O) groups is 1. The minimum Gasteiger partial charge on any atom is -0.325 e. The first kappa shape index (κ1) is 16.7. The number of hydrogen-bond donors (Lipinski definition) is 1. The number of thioether (sulfide) groups is 1. The Balaban J connectivity index is 2.06. The third-order valence-electron chi connectivity index (χ3n) is 2.67. The molecule has 0 aromatic heterocycles. The number of alkyl halides is 3. The van der Waals surface area contributed by atoms with Gasteiger partial charge in [-0.1, -0.05) is 29.8 Å². The van der Waals surface area contributed by atoms with E-state index >= 15 is 0 Å². The van der Waals surface area contributed by atoms with Crippen LogP contribution in [0.1, 0.15) is 5.56 Å². The summed E-state index contributed by atoms with van der Waals surface area (Å²) in [6, 6.07) is 12.4. The van der Waals surface area contributed by atoms with E-state index in [4.69, 9.17) is 11.6 Å². The van der Waals surface area contributed by atoms with Crippen LogP contribution in [0.2, 0.25) is 5.02 Å². The maximum Gasteiger partial charge on any atom is 0.418 e. The topological polar surface area (TPSA) is 29.1 Å². The van der Waals surface area contributed by atoms with Gasteiger partial charge in [0.15, 0.2) is 0 Å². The lowest BCUT2D eigenvalue weighted by molar-refractivity contribution is -0.137. The fraction of sp³-hybridized carbons (Fsp3) is 0.133. The molecule has 0 fully saturated rings. The highest BCUT2D eigenvalue weighted by Crippen LogP contribution is 2.36. The van der Waals surface area contributed by atoms with Crippen molar-refractivity contribution in [2.45, 2.75) is 11.1 Å². The van der Waals surface area contributed by atoms with E-state index in [0.29, 0.717) is 0 Å². The van der Waals surface area contributed by atoms with Crippen LogP contribution in [0.25, 0.3) is 0 Å². The first-order valence-electron chi connectivity index (χ1n) is 6.21. The minimum atomic E-state index is -4.58. The molecule has 0 unspecified atom stereocenters. The van der Waals surface area contributed by atoms with Gasteiger partial charge in [-0.25, -0.2) is 0 Å². The predicted octanol–water partition coefficient (Wildman–Crippen LogP) is 5.09. The Labute approximate surface area is 134 Å². The van der Waals surface area contributed by atoms with Gasteiger partial charge in [-0.3, -0.25) is 4.79 Å². The zero-order valence-electron chi connectivity index (χ0n) is 11.2. The molecule has 0 aliphatic rings. The molecule has 116 valence electrons. The summed E-state index contributed by atoms with van der Waals surface area (Å²) >= 11 is 6.83. The van der Waals surface area contributed by atoms with Crippen molar-refractivity contribution >= 4 is 35.0 Å². The molecule has 2 aromatic carbocycles. The highest BCUT2D eigenvalue weighted by Gasteiger charge is 2.34. The molecule has 2 aromatic rings. The number of halogens is 4. The molecule has 7 heteroatoms. The lowest BCUT2D eigenvalue weighted by Gasteiger charge is -2.14. The second-order valence-electron chi connectivity index (χ2n) is 4.34. The largest absolute Gasteiger partial charge is 0.418 e. The van der Waals surface area contributed by atoms with E-state index < -0.39 is 17.6 Å². The van der Waals surface area contributed by atoms with Crippen LogP contribution in [0.4, 0.5) is 18.9 Å². The highest BCUT2D eigenvalue weighted by atomic mass is 35.5. The van der Waals surface area contributed by atoms with Gasteiger partial charge in [-0.2, -0.15) is 13.2 Å². The zero-order valence-corrected chi connectivity index (χ0v) is 12.7. The molecule has 1 amide bonds. The van der Waals surface area contributed by atoms with E-state index in [-0.39, 0.29) is 16.5 Å². The molecule has 0 bridgehead atoms. The Bertz CT molecular complexity index is 662. The van der Waals surface area contributed by atoms with Gasteiger partial charge in [0.2, 0.25) is 5.91 Å². The number of hydrogen-bond acceptors (Lipinski definition) is 2. The zero-order chi connectivity index (χ0) is 16.2. The molecule has 0 aliphatic carbocycles. The van der Waals surface area contributed by atoms with Gasteiger partial charge in [-0.15, -0.1) is 11.8 Å². The predicted molar refractivity (Wildman–Crippen MR) is 82.2 cm³/mol. The summed E-state index contributed by atoms with van der Waals surface area (Å²) in [4.78, 5) is 12.7. The molecule has 0 saturated carbocycles. The van der Waals surface area contributed by atoms with Crippen LogP contribution in [-0.4, -0.2) is 11.7 Å². The second kappa shape index (κ2) is 7.07. The SMILES string of the molecule is O=C(CSc1ccccc1)Nc1ccc(Cl)cc1C(F)(F)F. The average molecular weight is 346 g/mol. The van der Waals surface area contributed by atoms with Gasteiger partial charge < -0.3 is 5.32 Å². The molecule has 22 heavy (non-hydrogen) atoms. The fourth-order valence-corrected chi connectivity index (χ4v) is 2.60. The highest BCUT2D eigenvalue weighted by molar-refractivity contribution is 8.00. The summed E-state index contributed by atoms with van der Waals surface area (Å²) in [6.07, 6.45) is -4.58. The second-order valence-corrected chi connectivity index (χ2v) is 5.82. The fourth-order valence-electron chi connectivity index (χ4n) is 1.71. The molecule has 0 radical (unpaired) electrons. The quantitative estimate of drug-likeness (QED) is 0.782. The third-order valence-corrected chi connectivity index (χ3v) is 3.92. The van der Waals surface area contributed by atoms with Crippen molar-refractivity contribution in [1.82, 2.24) is 0 Å². The standard InChI is InChI=1S/C15H11ClF3NOS/c16-10-6-7-13(12(8-10)15(17,18)19)20-14(21)9-22-11-4-2-1-3-5-11/h1-8H,9H2,(H,20,21). The number of anilines is 1. The lowest BCUT2D eigenvalue weighted by atomic mass is 10.1. The minimum absolute atomic E-state index is 0.0178. The van der Waals surface area contributed by atoms with Gasteiger partial charge in [-0.05, 0) is 30.3 Å². The first-order chi connectivity index (χ1) is 10.4. The van der Waals surface area contributed by atoms with Gasteiger partial charge >= 0.3 is 6.18 Å². The van der Waals surface area contributed by atoms with Crippen molar-refractivity contribution in [3.05, 3.63) is 59.1 Å². The van der Waals surface area contributed by atoms with Gasteiger partial charge in [0.05, 0.1) is 17.0 Å². The Hall–Kier alpha value is -1.66.